The van der Waals surface area contributed by atoms with Crippen molar-refractivity contribution < 1.29 is 28.6 Å². The molecule has 0 rings (SSSR count). The molecule has 0 saturated heterocycles. The standard InChI is InChI=1S/C61H116O6/c1-4-7-10-13-16-19-21-23-24-25-26-27-28-29-30-31-32-33-34-35-36-38-39-42-45-48-51-54-60(63)66-57-58(56-65-59(62)53-50-47-44-41-18-15-12-9-6-3)67-61(64)55-52-49-46-43-40-37-22-20-17-14-11-8-5-2/h25-26,58H,4-24,27-57H2,1-3H3/b26-25-. The van der Waals surface area contributed by atoms with Crippen LogP contribution >= 0.6 is 0 Å². The number of rotatable bonds is 56. The molecule has 0 aromatic rings. The number of hydrogen-bond donors (Lipinski definition) is 0. The number of carbonyl (C=O) groups excluding carboxylic acids is 3. The van der Waals surface area contributed by atoms with Crippen molar-refractivity contribution in [1.29, 1.82) is 0 Å². The van der Waals surface area contributed by atoms with E-state index < -0.39 is 6.10 Å². The molecule has 0 aliphatic rings. The van der Waals surface area contributed by atoms with Gasteiger partial charge in [0.2, 0.25) is 0 Å². The van der Waals surface area contributed by atoms with E-state index in [1.165, 1.54) is 244 Å². The Morgan fingerprint density at radius 1 is 0.284 bits per heavy atom. The highest BCUT2D eigenvalue weighted by Crippen LogP contribution is 2.17. The molecular weight excluding hydrogens is 829 g/mol. The fourth-order valence-corrected chi connectivity index (χ4v) is 9.21. The maximum absolute atomic E-state index is 12.8. The van der Waals surface area contributed by atoms with E-state index in [2.05, 4.69) is 32.9 Å². The zero-order valence-electron chi connectivity index (χ0n) is 45.5. The monoisotopic (exact) mass is 945 g/mol. The Morgan fingerprint density at radius 3 is 0.746 bits per heavy atom. The third-order valence-corrected chi connectivity index (χ3v) is 13.8. The minimum absolute atomic E-state index is 0.0637. The van der Waals surface area contributed by atoms with Gasteiger partial charge in [0.15, 0.2) is 6.10 Å². The summed E-state index contributed by atoms with van der Waals surface area (Å²) in [6, 6.07) is 0. The van der Waals surface area contributed by atoms with Gasteiger partial charge in [-0.25, -0.2) is 0 Å². The Kier molecular flexibility index (Phi) is 55.2. The van der Waals surface area contributed by atoms with E-state index in [-0.39, 0.29) is 31.1 Å². The number of ether oxygens (including phenoxy) is 3. The van der Waals surface area contributed by atoms with Crippen LogP contribution in [0, 0.1) is 0 Å². The molecule has 1 unspecified atom stereocenters. The van der Waals surface area contributed by atoms with Crippen molar-refractivity contribution in [2.75, 3.05) is 13.2 Å². The van der Waals surface area contributed by atoms with E-state index in [0.29, 0.717) is 19.3 Å². The molecule has 0 fully saturated rings. The first-order valence-electron chi connectivity index (χ1n) is 30.2. The number of carbonyl (C=O) groups is 3. The first-order chi connectivity index (χ1) is 33.0. The third-order valence-electron chi connectivity index (χ3n) is 13.8. The van der Waals surface area contributed by atoms with E-state index >= 15 is 0 Å². The SMILES string of the molecule is CCCCCCCCCC/C=C\CCCCCCCCCCCCCCCCCC(=O)OCC(COC(=O)CCCCCCCCCCC)OC(=O)CCCCCCCCCCCCCCC. The predicted molar refractivity (Wildman–Crippen MR) is 289 cm³/mol. The second kappa shape index (κ2) is 56.7. The highest BCUT2D eigenvalue weighted by atomic mass is 16.6. The lowest BCUT2D eigenvalue weighted by Gasteiger charge is -2.18. The molecule has 0 bridgehead atoms. The Labute approximate surface area is 418 Å². The summed E-state index contributed by atoms with van der Waals surface area (Å²) in [7, 11) is 0. The molecule has 0 N–H and O–H groups in total. The van der Waals surface area contributed by atoms with Crippen molar-refractivity contribution in [3.8, 4) is 0 Å². The molecule has 67 heavy (non-hydrogen) atoms. The average molecular weight is 946 g/mol. The summed E-state index contributed by atoms with van der Waals surface area (Å²) in [4.78, 5) is 38.0. The normalized spacial score (nSPS) is 12.0. The zero-order valence-corrected chi connectivity index (χ0v) is 45.5. The van der Waals surface area contributed by atoms with Crippen LogP contribution in [0.1, 0.15) is 342 Å². The van der Waals surface area contributed by atoms with Crippen molar-refractivity contribution in [3.63, 3.8) is 0 Å². The molecule has 0 heterocycles. The predicted octanol–water partition coefficient (Wildman–Crippen LogP) is 20.1. The molecule has 6 nitrogen and oxygen atoms in total. The van der Waals surface area contributed by atoms with Crippen LogP contribution in [0.4, 0.5) is 0 Å². The van der Waals surface area contributed by atoms with Crippen molar-refractivity contribution in [3.05, 3.63) is 12.2 Å². The molecule has 0 saturated carbocycles. The molecule has 6 heteroatoms. The largest absolute Gasteiger partial charge is 0.462 e. The molecule has 0 aromatic heterocycles. The van der Waals surface area contributed by atoms with Gasteiger partial charge in [-0.05, 0) is 44.9 Å². The first kappa shape index (κ1) is 65.1. The van der Waals surface area contributed by atoms with E-state index in [0.717, 1.165) is 57.8 Å². The number of unbranched alkanes of at least 4 members (excludes halogenated alkanes) is 43. The number of allylic oxidation sites excluding steroid dienone is 2. The van der Waals surface area contributed by atoms with Gasteiger partial charge in [0.25, 0.3) is 0 Å². The van der Waals surface area contributed by atoms with E-state index in [4.69, 9.17) is 14.2 Å². The molecule has 0 aliphatic carbocycles. The average Bonchev–Trinajstić information content (AvgIpc) is 3.33. The van der Waals surface area contributed by atoms with Gasteiger partial charge in [0.1, 0.15) is 13.2 Å². The smallest absolute Gasteiger partial charge is 0.306 e. The molecule has 0 spiro atoms. The van der Waals surface area contributed by atoms with Gasteiger partial charge in [0, 0.05) is 19.3 Å². The Balaban J connectivity index is 4.07. The molecule has 0 aliphatic heterocycles. The maximum Gasteiger partial charge on any atom is 0.306 e. The summed E-state index contributed by atoms with van der Waals surface area (Å²) >= 11 is 0. The van der Waals surface area contributed by atoms with Crippen molar-refractivity contribution in [2.45, 2.75) is 348 Å². The molecular formula is C61H116O6. The Bertz CT molecular complexity index is 1040. The zero-order chi connectivity index (χ0) is 48.6. The van der Waals surface area contributed by atoms with Crippen LogP contribution in [0.15, 0.2) is 12.2 Å². The minimum atomic E-state index is -0.762. The maximum atomic E-state index is 12.8. The lowest BCUT2D eigenvalue weighted by Crippen LogP contribution is -2.30. The summed E-state index contributed by atoms with van der Waals surface area (Å²) in [5.41, 5.74) is 0. The first-order valence-corrected chi connectivity index (χ1v) is 30.2. The van der Waals surface area contributed by atoms with Gasteiger partial charge in [-0.1, -0.05) is 290 Å². The Hall–Kier alpha value is -1.85. The third kappa shape index (κ3) is 55.0. The van der Waals surface area contributed by atoms with E-state index in [9.17, 15) is 14.4 Å². The molecule has 1 atom stereocenters. The van der Waals surface area contributed by atoms with Crippen molar-refractivity contribution in [1.82, 2.24) is 0 Å². The fraction of sp³-hybridized carbons (Fsp3) is 0.918. The summed E-state index contributed by atoms with van der Waals surface area (Å²) in [6.07, 6.45) is 65.2. The summed E-state index contributed by atoms with van der Waals surface area (Å²) in [6.45, 7) is 6.67. The lowest BCUT2D eigenvalue weighted by molar-refractivity contribution is -0.167. The van der Waals surface area contributed by atoms with Gasteiger partial charge >= 0.3 is 17.9 Å². The van der Waals surface area contributed by atoms with E-state index in [1.807, 2.05) is 0 Å². The van der Waals surface area contributed by atoms with Crippen LogP contribution in [-0.2, 0) is 28.6 Å². The van der Waals surface area contributed by atoms with Crippen LogP contribution < -0.4 is 0 Å². The summed E-state index contributed by atoms with van der Waals surface area (Å²) in [5.74, 6) is -0.843. The highest BCUT2D eigenvalue weighted by Gasteiger charge is 2.19. The van der Waals surface area contributed by atoms with Crippen LogP contribution in [0.2, 0.25) is 0 Å². The molecule has 0 amide bonds. The summed E-state index contributed by atoms with van der Waals surface area (Å²) in [5, 5.41) is 0. The van der Waals surface area contributed by atoms with Gasteiger partial charge in [-0.2, -0.15) is 0 Å². The molecule has 396 valence electrons. The summed E-state index contributed by atoms with van der Waals surface area (Å²) < 4.78 is 16.8. The van der Waals surface area contributed by atoms with Crippen LogP contribution in [0.5, 0.6) is 0 Å². The van der Waals surface area contributed by atoms with Crippen molar-refractivity contribution in [2.24, 2.45) is 0 Å². The quantitative estimate of drug-likeness (QED) is 0.0262. The highest BCUT2D eigenvalue weighted by molar-refractivity contribution is 5.71. The minimum Gasteiger partial charge on any atom is -0.462 e. The Morgan fingerprint density at radius 2 is 0.493 bits per heavy atom. The van der Waals surface area contributed by atoms with Gasteiger partial charge in [-0.15, -0.1) is 0 Å². The second-order valence-electron chi connectivity index (χ2n) is 20.6. The number of hydrogen-bond acceptors (Lipinski definition) is 6. The van der Waals surface area contributed by atoms with Crippen molar-refractivity contribution >= 4 is 17.9 Å². The van der Waals surface area contributed by atoms with Crippen LogP contribution in [0.3, 0.4) is 0 Å². The lowest BCUT2D eigenvalue weighted by atomic mass is 10.0. The molecule has 0 aromatic carbocycles. The van der Waals surface area contributed by atoms with Gasteiger partial charge < -0.3 is 14.2 Å². The van der Waals surface area contributed by atoms with Gasteiger partial charge in [0.05, 0.1) is 0 Å². The van der Waals surface area contributed by atoms with Gasteiger partial charge in [-0.3, -0.25) is 14.4 Å². The molecule has 0 radical (unpaired) electrons. The fourth-order valence-electron chi connectivity index (χ4n) is 9.21. The van der Waals surface area contributed by atoms with Crippen LogP contribution in [0.25, 0.3) is 0 Å². The second-order valence-corrected chi connectivity index (χ2v) is 20.6. The van der Waals surface area contributed by atoms with E-state index in [1.54, 1.807) is 0 Å². The number of esters is 3. The van der Waals surface area contributed by atoms with Crippen LogP contribution in [-0.4, -0.2) is 37.2 Å². The topological polar surface area (TPSA) is 78.9 Å².